The first-order chi connectivity index (χ1) is 27.8. The molecule has 3 fully saturated rings. The number of unbranched alkanes of at least 4 members (excludes halogenated alkanes) is 15. The van der Waals surface area contributed by atoms with Crippen molar-refractivity contribution in [2.75, 3.05) is 26.3 Å². The fraction of sp³-hybridized carbons (Fsp3) is 0.841. The van der Waals surface area contributed by atoms with Crippen molar-refractivity contribution >= 4 is 29.8 Å². The van der Waals surface area contributed by atoms with Gasteiger partial charge in [-0.25, -0.2) is 14.8 Å². The average Bonchev–Trinajstić information content (AvgIpc) is 3.85. The van der Waals surface area contributed by atoms with Crippen LogP contribution >= 0.6 is 0 Å². The number of carbonyl (C=O) groups excluding carboxylic acids is 2. The van der Waals surface area contributed by atoms with Crippen LogP contribution in [0, 0.1) is 5.92 Å². The summed E-state index contributed by atoms with van der Waals surface area (Å²) in [7, 11) is 0. The number of aliphatic imine (C=N–C) groups is 3. The number of hydrogen-bond donors (Lipinski definition) is 4. The van der Waals surface area contributed by atoms with Gasteiger partial charge in [0.1, 0.15) is 0 Å². The molecule has 13 heteroatoms. The first-order valence-corrected chi connectivity index (χ1v) is 23.1. The van der Waals surface area contributed by atoms with Crippen molar-refractivity contribution in [3.63, 3.8) is 0 Å². The molecule has 0 radical (unpaired) electrons. The van der Waals surface area contributed by atoms with Crippen LogP contribution in [-0.2, 0) is 19.1 Å². The molecule has 0 aromatic heterocycles. The number of nitrogens with one attached hydrogen (secondary N) is 1. The third-order valence-corrected chi connectivity index (χ3v) is 12.9. The summed E-state index contributed by atoms with van der Waals surface area (Å²) in [5.41, 5.74) is 18.8. The summed E-state index contributed by atoms with van der Waals surface area (Å²) in [5.74, 6) is 1.09. The van der Waals surface area contributed by atoms with Crippen molar-refractivity contribution in [3.8, 4) is 0 Å². The minimum Gasteiger partial charge on any atom is -0.465 e. The highest BCUT2D eigenvalue weighted by Crippen LogP contribution is 2.40. The number of ether oxygens (including phenoxy) is 2. The standard InChI is InChI=1S/C44H77N9O4/c1-3-4-5-6-7-8-10-13-16-22-33-31-34-25-26-37-38(32(2)49-44(50-33)53(34)37)40(54)56-29-19-15-12-9-11-14-17-23-35-39(36-24-21-28-52(36)43(47)51-35)41(55)57-30-20-18-27-48-42(45)46/h32-35,37-38H,3-31H2,1-2H3,(H2,47,51)(H,49,50)(H4,45,46,48)/t32-,33+,34-,35?,37+,38+/m1/s1. The summed E-state index contributed by atoms with van der Waals surface area (Å²) in [5, 5.41) is 3.78. The summed E-state index contributed by atoms with van der Waals surface area (Å²) in [6.07, 6.45) is 28.2. The third-order valence-electron chi connectivity index (χ3n) is 12.9. The first kappa shape index (κ1) is 44.6. The van der Waals surface area contributed by atoms with Gasteiger partial charge < -0.3 is 41.8 Å². The van der Waals surface area contributed by atoms with E-state index in [4.69, 9.17) is 36.7 Å². The van der Waals surface area contributed by atoms with E-state index in [9.17, 15) is 9.59 Å². The second-order valence-corrected chi connectivity index (χ2v) is 17.3. The lowest BCUT2D eigenvalue weighted by molar-refractivity contribution is -0.151. The maximum absolute atomic E-state index is 13.4. The summed E-state index contributed by atoms with van der Waals surface area (Å²) in [6.45, 7) is 6.49. The highest BCUT2D eigenvalue weighted by molar-refractivity contribution is 5.95. The molecule has 0 aliphatic carbocycles. The van der Waals surface area contributed by atoms with Crippen LogP contribution in [0.5, 0.6) is 0 Å². The van der Waals surface area contributed by atoms with E-state index in [0.717, 1.165) is 108 Å². The van der Waals surface area contributed by atoms with Gasteiger partial charge in [-0.2, -0.15) is 0 Å². The van der Waals surface area contributed by atoms with Gasteiger partial charge in [0, 0.05) is 36.9 Å². The van der Waals surface area contributed by atoms with E-state index in [1.54, 1.807) is 0 Å². The molecule has 6 atom stereocenters. The van der Waals surface area contributed by atoms with E-state index in [0.29, 0.717) is 49.8 Å². The van der Waals surface area contributed by atoms with Crippen LogP contribution in [0.1, 0.15) is 174 Å². The van der Waals surface area contributed by atoms with Crippen LogP contribution in [0.25, 0.3) is 0 Å². The van der Waals surface area contributed by atoms with Gasteiger partial charge in [-0.1, -0.05) is 103 Å². The highest BCUT2D eigenvalue weighted by atomic mass is 16.5. The molecular formula is C44H77N9O4. The lowest BCUT2D eigenvalue weighted by atomic mass is 9.89. The molecule has 0 bridgehead atoms. The zero-order valence-corrected chi connectivity index (χ0v) is 35.6. The molecule has 13 nitrogen and oxygen atoms in total. The minimum atomic E-state index is -0.278. The second-order valence-electron chi connectivity index (χ2n) is 17.3. The Labute approximate surface area is 343 Å². The van der Waals surface area contributed by atoms with Gasteiger partial charge in [-0.3, -0.25) is 9.79 Å². The first-order valence-electron chi connectivity index (χ1n) is 23.1. The Hall–Kier alpha value is -3.51. The van der Waals surface area contributed by atoms with Crippen molar-refractivity contribution in [1.82, 2.24) is 15.1 Å². The number of allylic oxidation sites excluding steroid dienone is 1. The molecule has 0 amide bonds. The number of fused-ring (bicyclic) bond motifs is 1. The smallest absolute Gasteiger partial charge is 0.337 e. The Bertz CT molecular complexity index is 1400. The quantitative estimate of drug-likeness (QED) is 0.0299. The average molecular weight is 796 g/mol. The van der Waals surface area contributed by atoms with Crippen molar-refractivity contribution in [1.29, 1.82) is 0 Å². The SMILES string of the molecule is CCCCCCCCCCC[C@H]1C[C@H]2CC[C@H]3[C@@H](C(=O)OCCCCCCCCCC4N=C(N)N5CCCC5=C4C(=O)OCCCCN=C(N)N)[C@@H](C)N=C(N1)N23. The molecular weight excluding hydrogens is 719 g/mol. The van der Waals surface area contributed by atoms with Crippen LogP contribution < -0.4 is 22.5 Å². The predicted octanol–water partition coefficient (Wildman–Crippen LogP) is 6.78. The third kappa shape index (κ3) is 13.3. The van der Waals surface area contributed by atoms with Crippen molar-refractivity contribution in [2.45, 2.75) is 205 Å². The molecule has 0 aromatic rings. The normalized spacial score (nSPS) is 25.0. The number of hydrogen-bond acceptors (Lipinski definition) is 11. The van der Waals surface area contributed by atoms with E-state index >= 15 is 0 Å². The number of nitrogens with zero attached hydrogens (tertiary/aromatic N) is 5. The Morgan fingerprint density at radius 3 is 2.19 bits per heavy atom. The van der Waals surface area contributed by atoms with Gasteiger partial charge in [0.15, 0.2) is 17.9 Å². The van der Waals surface area contributed by atoms with Gasteiger partial charge in [-0.15, -0.1) is 0 Å². The minimum absolute atomic E-state index is 0.0647. The van der Waals surface area contributed by atoms with Crippen LogP contribution in [0.3, 0.4) is 0 Å². The Balaban J connectivity index is 0.934. The van der Waals surface area contributed by atoms with E-state index in [2.05, 4.69) is 29.1 Å². The molecule has 0 saturated carbocycles. The molecule has 322 valence electrons. The number of guanidine groups is 3. The van der Waals surface area contributed by atoms with Crippen LogP contribution in [-0.4, -0.2) is 96.1 Å². The summed E-state index contributed by atoms with van der Waals surface area (Å²) in [6, 6.07) is 0.872. The lowest BCUT2D eigenvalue weighted by Crippen LogP contribution is -2.63. The van der Waals surface area contributed by atoms with Crippen LogP contribution in [0.4, 0.5) is 0 Å². The zero-order chi connectivity index (χ0) is 40.4. The van der Waals surface area contributed by atoms with Gasteiger partial charge in [0.2, 0.25) is 0 Å². The van der Waals surface area contributed by atoms with Crippen molar-refractivity contribution in [3.05, 3.63) is 11.3 Å². The van der Waals surface area contributed by atoms with Gasteiger partial charge in [0.05, 0.1) is 36.8 Å². The fourth-order valence-electron chi connectivity index (χ4n) is 9.83. The van der Waals surface area contributed by atoms with E-state index in [1.165, 1.54) is 64.2 Å². The molecule has 1 unspecified atom stereocenters. The largest absolute Gasteiger partial charge is 0.465 e. The van der Waals surface area contributed by atoms with E-state index < -0.39 is 0 Å². The second kappa shape index (κ2) is 23.8. The summed E-state index contributed by atoms with van der Waals surface area (Å²) >= 11 is 0. The number of rotatable bonds is 27. The topological polar surface area (TPSA) is 186 Å². The maximum Gasteiger partial charge on any atom is 0.337 e. The fourth-order valence-corrected chi connectivity index (χ4v) is 9.83. The van der Waals surface area contributed by atoms with Gasteiger partial charge in [-0.05, 0) is 71.1 Å². The predicted molar refractivity (Wildman–Crippen MR) is 230 cm³/mol. The molecule has 5 aliphatic heterocycles. The lowest BCUT2D eigenvalue weighted by Gasteiger charge is -2.46. The maximum atomic E-state index is 13.4. The zero-order valence-electron chi connectivity index (χ0n) is 35.6. The van der Waals surface area contributed by atoms with Gasteiger partial charge >= 0.3 is 11.9 Å². The summed E-state index contributed by atoms with van der Waals surface area (Å²) < 4.78 is 11.6. The van der Waals surface area contributed by atoms with E-state index in [1.807, 2.05) is 4.90 Å². The summed E-state index contributed by atoms with van der Waals surface area (Å²) in [4.78, 5) is 44.9. The molecule has 3 saturated heterocycles. The highest BCUT2D eigenvalue weighted by Gasteiger charge is 2.51. The monoisotopic (exact) mass is 796 g/mol. The Morgan fingerprint density at radius 2 is 1.47 bits per heavy atom. The Kier molecular flexibility index (Phi) is 18.6. The van der Waals surface area contributed by atoms with Gasteiger partial charge in [0.25, 0.3) is 0 Å². The van der Waals surface area contributed by atoms with Crippen molar-refractivity contribution < 1.29 is 19.1 Å². The molecule has 5 aliphatic rings. The molecule has 5 heterocycles. The molecule has 5 rings (SSSR count). The number of carbonyl (C=O) groups is 2. The molecule has 57 heavy (non-hydrogen) atoms. The van der Waals surface area contributed by atoms with E-state index in [-0.39, 0.29) is 41.9 Å². The number of nitrogens with two attached hydrogens (primary N) is 3. The Morgan fingerprint density at radius 1 is 0.825 bits per heavy atom. The molecule has 0 aromatic carbocycles. The van der Waals surface area contributed by atoms with Crippen molar-refractivity contribution in [2.24, 2.45) is 38.1 Å². The van der Waals surface area contributed by atoms with Crippen LogP contribution in [0.2, 0.25) is 0 Å². The molecule has 7 N–H and O–H groups in total. The molecule has 0 spiro atoms. The van der Waals surface area contributed by atoms with Crippen LogP contribution in [0.15, 0.2) is 26.2 Å². The number of esters is 2.